The summed E-state index contributed by atoms with van der Waals surface area (Å²) in [7, 11) is 0. The molecule has 1 rings (SSSR count). The van der Waals surface area contributed by atoms with Crippen LogP contribution >= 0.6 is 0 Å². The average Bonchev–Trinajstić information content (AvgIpc) is 2.29. The number of nitro benzene ring substituents is 1. The lowest BCUT2D eigenvalue weighted by atomic mass is 10.2. The van der Waals surface area contributed by atoms with Gasteiger partial charge in [0.1, 0.15) is 5.69 Å². The van der Waals surface area contributed by atoms with E-state index in [1.165, 1.54) is 18.2 Å². The summed E-state index contributed by atoms with van der Waals surface area (Å²) in [6, 6.07) is 4.01. The van der Waals surface area contributed by atoms with Gasteiger partial charge in [0.2, 0.25) is 0 Å². The molecular weight excluding hydrogens is 210 g/mol. The molecule has 0 spiro atoms. The largest absolute Gasteiger partial charge is 0.491 e. The molecule has 0 aliphatic rings. The molecule has 1 aromatic carbocycles. The molecule has 0 unspecified atom stereocenters. The van der Waals surface area contributed by atoms with Gasteiger partial charge >= 0.3 is 0 Å². The smallest absolute Gasteiger partial charge is 0.273 e. The van der Waals surface area contributed by atoms with Crippen molar-refractivity contribution < 1.29 is 9.66 Å². The molecule has 86 valence electrons. The van der Waals surface area contributed by atoms with Crippen molar-refractivity contribution in [2.75, 3.05) is 6.61 Å². The molecule has 0 aromatic heterocycles. The number of unbranched alkanes of at least 4 members (excludes halogenated alkanes) is 1. The topological polar surface area (TPSA) is 88.6 Å². The van der Waals surface area contributed by atoms with Gasteiger partial charge in [-0.05, 0) is 12.5 Å². The summed E-state index contributed by atoms with van der Waals surface area (Å²) in [5.41, 5.74) is 7.17. The summed E-state index contributed by atoms with van der Waals surface area (Å²) in [6.07, 6.45) is 1.84. The minimum atomic E-state index is -0.500. The predicted molar refractivity (Wildman–Crippen MR) is 58.3 cm³/mol. The highest BCUT2D eigenvalue weighted by Crippen LogP contribution is 2.31. The molecule has 16 heavy (non-hydrogen) atoms. The molecule has 0 bridgehead atoms. The number of rotatable bonds is 6. The van der Waals surface area contributed by atoms with E-state index in [2.05, 4.69) is 5.11 Å². The summed E-state index contributed by atoms with van der Waals surface area (Å²) >= 11 is 0. The number of benzene rings is 1. The van der Waals surface area contributed by atoms with E-state index in [9.17, 15) is 10.1 Å². The van der Waals surface area contributed by atoms with Crippen molar-refractivity contribution in [2.45, 2.75) is 19.8 Å². The van der Waals surface area contributed by atoms with Gasteiger partial charge in [0, 0.05) is 6.07 Å². The zero-order chi connectivity index (χ0) is 12.0. The highest BCUT2D eigenvalue weighted by molar-refractivity contribution is 5.56. The summed E-state index contributed by atoms with van der Waals surface area (Å²) < 4.78 is 5.34. The minimum Gasteiger partial charge on any atom is -0.491 e. The molecule has 0 saturated heterocycles. The standard InChI is InChI=1S/C10H13N3O3/c1-2-3-6-16-10-7-8(13(14)15)4-5-9(10)12-11/h4-5,7,11H,2-3,6H2,1H3. The van der Waals surface area contributed by atoms with Crippen LogP contribution in [0.4, 0.5) is 11.4 Å². The van der Waals surface area contributed by atoms with E-state index in [1.54, 1.807) is 0 Å². The summed E-state index contributed by atoms with van der Waals surface area (Å²) in [5, 5.41) is 13.8. The predicted octanol–water partition coefficient (Wildman–Crippen LogP) is 3.44. The van der Waals surface area contributed by atoms with Gasteiger partial charge in [-0.1, -0.05) is 13.3 Å². The third kappa shape index (κ3) is 3.01. The Morgan fingerprint density at radius 3 is 2.88 bits per heavy atom. The highest BCUT2D eigenvalue weighted by Gasteiger charge is 2.11. The molecule has 0 fully saturated rings. The second kappa shape index (κ2) is 5.79. The van der Waals surface area contributed by atoms with Gasteiger partial charge in [-0.15, -0.1) is 0 Å². The summed E-state index contributed by atoms with van der Waals surface area (Å²) in [5.74, 6) is 0.289. The number of ether oxygens (including phenoxy) is 1. The SMILES string of the molecule is CCCCOc1cc([N+](=O)[O-])ccc1N=N. The molecule has 0 radical (unpaired) electrons. The quantitative estimate of drug-likeness (QED) is 0.346. The van der Waals surface area contributed by atoms with Crippen molar-refractivity contribution in [1.82, 2.24) is 0 Å². The van der Waals surface area contributed by atoms with Crippen LogP contribution in [0.5, 0.6) is 5.75 Å². The van der Waals surface area contributed by atoms with Crippen molar-refractivity contribution in [3.05, 3.63) is 28.3 Å². The van der Waals surface area contributed by atoms with Crippen molar-refractivity contribution >= 4 is 11.4 Å². The van der Waals surface area contributed by atoms with Gasteiger partial charge in [0.15, 0.2) is 5.75 Å². The molecular formula is C10H13N3O3. The molecule has 1 N–H and O–H groups in total. The van der Waals surface area contributed by atoms with Gasteiger partial charge in [-0.25, -0.2) is 5.53 Å². The first-order valence-corrected chi connectivity index (χ1v) is 4.97. The van der Waals surface area contributed by atoms with Crippen molar-refractivity contribution in [1.29, 1.82) is 5.53 Å². The fraction of sp³-hybridized carbons (Fsp3) is 0.400. The van der Waals surface area contributed by atoms with Crippen LogP contribution in [-0.4, -0.2) is 11.5 Å². The van der Waals surface area contributed by atoms with Crippen molar-refractivity contribution in [3.8, 4) is 5.75 Å². The Kier molecular flexibility index (Phi) is 4.38. The zero-order valence-corrected chi connectivity index (χ0v) is 8.97. The van der Waals surface area contributed by atoms with Gasteiger partial charge in [-0.3, -0.25) is 10.1 Å². The second-order valence-corrected chi connectivity index (χ2v) is 3.22. The minimum absolute atomic E-state index is 0.0566. The molecule has 1 aromatic rings. The Balaban J connectivity index is 2.88. The number of nitrogens with one attached hydrogen (secondary N) is 1. The first kappa shape index (κ1) is 12.1. The third-order valence-electron chi connectivity index (χ3n) is 2.03. The van der Waals surface area contributed by atoms with Crippen LogP contribution in [0.3, 0.4) is 0 Å². The van der Waals surface area contributed by atoms with E-state index in [0.29, 0.717) is 12.3 Å². The highest BCUT2D eigenvalue weighted by atomic mass is 16.6. The monoisotopic (exact) mass is 223 g/mol. The second-order valence-electron chi connectivity index (χ2n) is 3.22. The number of non-ortho nitro benzene ring substituents is 1. The Morgan fingerprint density at radius 2 is 2.31 bits per heavy atom. The lowest BCUT2D eigenvalue weighted by molar-refractivity contribution is -0.384. The number of hydrogen-bond acceptors (Lipinski definition) is 5. The van der Waals surface area contributed by atoms with Crippen LogP contribution in [0.2, 0.25) is 0 Å². The van der Waals surface area contributed by atoms with E-state index in [1.807, 2.05) is 6.92 Å². The molecule has 0 aliphatic heterocycles. The first-order chi connectivity index (χ1) is 7.69. The molecule has 0 aliphatic carbocycles. The van der Waals surface area contributed by atoms with Crippen LogP contribution in [0.25, 0.3) is 0 Å². The van der Waals surface area contributed by atoms with Crippen molar-refractivity contribution in [2.24, 2.45) is 5.11 Å². The van der Waals surface area contributed by atoms with Crippen LogP contribution in [0.1, 0.15) is 19.8 Å². The van der Waals surface area contributed by atoms with Gasteiger partial charge in [-0.2, -0.15) is 5.11 Å². The summed E-state index contributed by atoms with van der Waals surface area (Å²) in [4.78, 5) is 10.1. The van der Waals surface area contributed by atoms with E-state index in [4.69, 9.17) is 10.3 Å². The van der Waals surface area contributed by atoms with E-state index in [-0.39, 0.29) is 11.4 Å². The molecule has 6 heteroatoms. The van der Waals surface area contributed by atoms with Crippen LogP contribution in [0.15, 0.2) is 23.3 Å². The Labute approximate surface area is 92.9 Å². The number of nitrogens with zero attached hydrogens (tertiary/aromatic N) is 2. The maximum atomic E-state index is 10.6. The lowest BCUT2D eigenvalue weighted by Crippen LogP contribution is -1.97. The zero-order valence-electron chi connectivity index (χ0n) is 8.97. The van der Waals surface area contributed by atoms with E-state index >= 15 is 0 Å². The Hall–Kier alpha value is -1.98. The van der Waals surface area contributed by atoms with E-state index in [0.717, 1.165) is 12.8 Å². The van der Waals surface area contributed by atoms with Crippen LogP contribution in [0, 0.1) is 15.6 Å². The van der Waals surface area contributed by atoms with E-state index < -0.39 is 4.92 Å². The normalized spacial score (nSPS) is 9.81. The van der Waals surface area contributed by atoms with Gasteiger partial charge < -0.3 is 4.74 Å². The molecule has 0 heterocycles. The third-order valence-corrected chi connectivity index (χ3v) is 2.03. The number of nitro groups is 1. The summed E-state index contributed by atoms with van der Waals surface area (Å²) in [6.45, 7) is 2.49. The Morgan fingerprint density at radius 1 is 1.56 bits per heavy atom. The molecule has 0 saturated carbocycles. The Bertz CT molecular complexity index is 393. The maximum Gasteiger partial charge on any atom is 0.273 e. The van der Waals surface area contributed by atoms with Crippen LogP contribution < -0.4 is 4.74 Å². The fourth-order valence-corrected chi connectivity index (χ4v) is 1.15. The molecule has 0 amide bonds. The number of hydrogen-bond donors (Lipinski definition) is 1. The molecule has 0 atom stereocenters. The first-order valence-electron chi connectivity index (χ1n) is 4.97. The molecule has 6 nitrogen and oxygen atoms in total. The lowest BCUT2D eigenvalue weighted by Gasteiger charge is -2.06. The maximum absolute atomic E-state index is 10.6. The van der Waals surface area contributed by atoms with Crippen LogP contribution in [-0.2, 0) is 0 Å². The van der Waals surface area contributed by atoms with Crippen molar-refractivity contribution in [3.63, 3.8) is 0 Å². The fourth-order valence-electron chi connectivity index (χ4n) is 1.15. The van der Waals surface area contributed by atoms with Gasteiger partial charge in [0.05, 0.1) is 17.6 Å². The average molecular weight is 223 g/mol. The van der Waals surface area contributed by atoms with Gasteiger partial charge in [0.25, 0.3) is 5.69 Å².